The number of benzene rings is 3. The molecule has 192 valence electrons. The largest absolute Gasteiger partial charge is 0.497 e. The number of Topliss-reactive ketones (excluding diaryl/α,β-unsaturated/α-hetero) is 1. The molecule has 1 amide bonds. The van der Waals surface area contributed by atoms with E-state index < -0.39 is 5.92 Å². The quantitative estimate of drug-likeness (QED) is 0.239. The van der Waals surface area contributed by atoms with Gasteiger partial charge >= 0.3 is 0 Å². The van der Waals surface area contributed by atoms with Gasteiger partial charge in [0.05, 0.1) is 24.4 Å². The number of amides is 1. The van der Waals surface area contributed by atoms with E-state index in [9.17, 15) is 14.4 Å². The van der Waals surface area contributed by atoms with Crippen LogP contribution in [0.25, 0.3) is 16.6 Å². The van der Waals surface area contributed by atoms with Crippen LogP contribution in [0.3, 0.4) is 0 Å². The van der Waals surface area contributed by atoms with Gasteiger partial charge in [-0.3, -0.25) is 19.5 Å². The maximum atomic E-state index is 14.1. The monoisotopic (exact) mass is 528 g/mol. The summed E-state index contributed by atoms with van der Waals surface area (Å²) in [5.41, 5.74) is 3.97. The van der Waals surface area contributed by atoms with Crippen molar-refractivity contribution in [3.63, 3.8) is 0 Å². The highest BCUT2D eigenvalue weighted by molar-refractivity contribution is 6.30. The molecule has 3 N–H and O–H groups in total. The molecule has 2 heterocycles. The fourth-order valence-corrected chi connectivity index (χ4v) is 4.84. The summed E-state index contributed by atoms with van der Waals surface area (Å²) in [5.74, 6) is -0.602. The lowest BCUT2D eigenvalue weighted by atomic mass is 9.86. The summed E-state index contributed by atoms with van der Waals surface area (Å²) in [6.45, 7) is 3.31. The van der Waals surface area contributed by atoms with Crippen LogP contribution < -0.4 is 15.6 Å². The van der Waals surface area contributed by atoms with Crippen LogP contribution in [0.4, 0.5) is 5.69 Å². The Hall–Kier alpha value is -4.56. The second-order valence-electron chi connectivity index (χ2n) is 9.00. The third-order valence-electron chi connectivity index (χ3n) is 6.40. The summed E-state index contributed by atoms with van der Waals surface area (Å²) < 4.78 is 6.80. The van der Waals surface area contributed by atoms with E-state index in [1.54, 1.807) is 55.6 Å². The van der Waals surface area contributed by atoms with Crippen molar-refractivity contribution in [1.29, 1.82) is 0 Å². The molecule has 0 saturated heterocycles. The van der Waals surface area contributed by atoms with Crippen LogP contribution in [0.5, 0.6) is 5.75 Å². The predicted octanol–water partition coefficient (Wildman–Crippen LogP) is 5.59. The molecule has 38 heavy (non-hydrogen) atoms. The summed E-state index contributed by atoms with van der Waals surface area (Å²) in [6, 6.07) is 20.6. The van der Waals surface area contributed by atoms with E-state index in [0.29, 0.717) is 33.4 Å². The normalized spacial score (nSPS) is 11.9. The zero-order valence-electron chi connectivity index (χ0n) is 21.0. The summed E-state index contributed by atoms with van der Waals surface area (Å²) in [5, 5.41) is 7.20. The van der Waals surface area contributed by atoms with Crippen LogP contribution in [-0.2, 0) is 4.79 Å². The van der Waals surface area contributed by atoms with Crippen LogP contribution >= 0.6 is 11.6 Å². The second-order valence-corrected chi connectivity index (χ2v) is 9.43. The van der Waals surface area contributed by atoms with E-state index in [0.717, 1.165) is 22.2 Å². The number of fused-ring (bicyclic) bond motifs is 1. The molecule has 0 fully saturated rings. The number of hydrogen-bond acceptors (Lipinski definition) is 4. The number of methoxy groups -OCH3 is 1. The minimum absolute atomic E-state index is 0.200. The first-order valence-corrected chi connectivity index (χ1v) is 12.3. The van der Waals surface area contributed by atoms with Crippen molar-refractivity contribution in [2.24, 2.45) is 0 Å². The summed E-state index contributed by atoms with van der Waals surface area (Å²) in [7, 11) is 1.59. The van der Waals surface area contributed by atoms with Gasteiger partial charge in [-0.1, -0.05) is 17.7 Å². The summed E-state index contributed by atoms with van der Waals surface area (Å²) in [6.07, 6.45) is 0. The molecule has 9 heteroatoms. The Labute approximate surface area is 223 Å². The van der Waals surface area contributed by atoms with Crippen molar-refractivity contribution in [3.8, 4) is 11.4 Å². The molecule has 0 bridgehead atoms. The van der Waals surface area contributed by atoms with Gasteiger partial charge in [-0.25, -0.2) is 4.68 Å². The Bertz CT molecular complexity index is 1730. The Kier molecular flexibility index (Phi) is 6.65. The van der Waals surface area contributed by atoms with Crippen LogP contribution in [0, 0.1) is 6.92 Å². The second kappa shape index (κ2) is 10.1. The fraction of sp³-hybridized carbons (Fsp3) is 0.138. The number of carbonyl (C=O) groups excluding carboxylic acids is 2. The number of rotatable bonds is 7. The molecule has 5 rings (SSSR count). The van der Waals surface area contributed by atoms with Gasteiger partial charge in [-0.05, 0) is 73.2 Å². The highest BCUT2D eigenvalue weighted by Gasteiger charge is 2.31. The van der Waals surface area contributed by atoms with E-state index in [4.69, 9.17) is 16.3 Å². The molecule has 0 aliphatic heterocycles. The van der Waals surface area contributed by atoms with Gasteiger partial charge < -0.3 is 15.0 Å². The van der Waals surface area contributed by atoms with Crippen molar-refractivity contribution in [2.45, 2.75) is 19.8 Å². The molecule has 2 aromatic heterocycles. The molecule has 8 nitrogen and oxygen atoms in total. The maximum absolute atomic E-state index is 14.1. The van der Waals surface area contributed by atoms with Crippen LogP contribution in [-0.4, -0.2) is 33.6 Å². The maximum Gasteiger partial charge on any atom is 0.271 e. The van der Waals surface area contributed by atoms with E-state index in [1.165, 1.54) is 17.7 Å². The lowest BCUT2D eigenvalue weighted by molar-refractivity contribution is -0.114. The first-order valence-electron chi connectivity index (χ1n) is 11.9. The lowest BCUT2D eigenvalue weighted by Crippen LogP contribution is -2.16. The first-order chi connectivity index (χ1) is 18.2. The van der Waals surface area contributed by atoms with Gasteiger partial charge in [0.1, 0.15) is 5.75 Å². The highest BCUT2D eigenvalue weighted by atomic mass is 35.5. The average Bonchev–Trinajstić information content (AvgIpc) is 3.43. The van der Waals surface area contributed by atoms with Crippen molar-refractivity contribution >= 4 is 39.9 Å². The lowest BCUT2D eigenvalue weighted by Gasteiger charge is -2.16. The van der Waals surface area contributed by atoms with Crippen molar-refractivity contribution in [2.75, 3.05) is 12.4 Å². The molecule has 0 aliphatic carbocycles. The van der Waals surface area contributed by atoms with Gasteiger partial charge in [0.25, 0.3) is 5.56 Å². The number of aromatic nitrogens is 3. The van der Waals surface area contributed by atoms with Gasteiger partial charge in [0.2, 0.25) is 5.91 Å². The standard InChI is InChI=1S/C29H25ClN4O4/c1-16-27(23-14-22(38-3)11-12-24(23)31-16)28(29(37)18-7-9-19(30)10-8-18)25-15-26(36)34(33-25)21-6-4-5-20(13-21)32-17(2)35/h4-15,28,31,33H,1-3H3,(H,32,35). The van der Waals surface area contributed by atoms with Crippen LogP contribution in [0.1, 0.15) is 40.2 Å². The number of nitrogens with zero attached hydrogens (tertiary/aromatic N) is 1. The van der Waals surface area contributed by atoms with E-state index >= 15 is 0 Å². The van der Waals surface area contributed by atoms with Crippen molar-refractivity contribution < 1.29 is 14.3 Å². The molecule has 0 aliphatic rings. The Morgan fingerprint density at radius 1 is 1.03 bits per heavy atom. The molecule has 0 radical (unpaired) electrons. The molecule has 1 atom stereocenters. The van der Waals surface area contributed by atoms with Gasteiger partial charge in [-0.15, -0.1) is 0 Å². The van der Waals surface area contributed by atoms with Crippen molar-refractivity contribution in [1.82, 2.24) is 14.8 Å². The zero-order chi connectivity index (χ0) is 27.0. The van der Waals surface area contributed by atoms with Gasteiger partial charge in [0.15, 0.2) is 5.78 Å². The number of carbonyl (C=O) groups is 2. The van der Waals surface area contributed by atoms with Gasteiger partial charge in [0, 0.05) is 45.9 Å². The first kappa shape index (κ1) is 25.1. The van der Waals surface area contributed by atoms with Gasteiger partial charge in [-0.2, -0.15) is 0 Å². The number of ether oxygens (including phenoxy) is 1. The fourth-order valence-electron chi connectivity index (χ4n) is 4.71. The SMILES string of the molecule is COc1ccc2[nH]c(C)c(C(C(=O)c3ccc(Cl)cc3)c3cc(=O)n(-c4cccc(NC(C)=O)c4)[nH]3)c2c1. The number of anilines is 1. The summed E-state index contributed by atoms with van der Waals surface area (Å²) in [4.78, 5) is 42.1. The number of halogens is 1. The average molecular weight is 529 g/mol. The number of aryl methyl sites for hydroxylation is 1. The third kappa shape index (κ3) is 4.73. The van der Waals surface area contributed by atoms with Crippen LogP contribution in [0.15, 0.2) is 77.6 Å². The number of nitrogens with one attached hydrogen (secondary N) is 3. The van der Waals surface area contributed by atoms with Crippen LogP contribution in [0.2, 0.25) is 5.02 Å². The Balaban J connectivity index is 1.69. The predicted molar refractivity (Wildman–Crippen MR) is 148 cm³/mol. The smallest absolute Gasteiger partial charge is 0.271 e. The molecule has 5 aromatic rings. The topological polar surface area (TPSA) is 109 Å². The molecule has 3 aromatic carbocycles. The molecule has 1 unspecified atom stereocenters. The number of hydrogen-bond donors (Lipinski definition) is 3. The number of ketones is 1. The zero-order valence-corrected chi connectivity index (χ0v) is 21.7. The van der Waals surface area contributed by atoms with Crippen molar-refractivity contribution in [3.05, 3.63) is 111 Å². The summed E-state index contributed by atoms with van der Waals surface area (Å²) >= 11 is 6.08. The molecular formula is C29H25ClN4O4. The third-order valence-corrected chi connectivity index (χ3v) is 6.65. The molecule has 0 spiro atoms. The number of H-pyrrole nitrogens is 2. The molecular weight excluding hydrogens is 504 g/mol. The minimum Gasteiger partial charge on any atom is -0.497 e. The Morgan fingerprint density at radius 2 is 1.79 bits per heavy atom. The number of aromatic amines is 2. The van der Waals surface area contributed by atoms with E-state index in [-0.39, 0.29) is 17.2 Å². The Morgan fingerprint density at radius 3 is 2.50 bits per heavy atom. The minimum atomic E-state index is -0.829. The van der Waals surface area contributed by atoms with E-state index in [1.807, 2.05) is 25.1 Å². The van der Waals surface area contributed by atoms with E-state index in [2.05, 4.69) is 15.4 Å². The highest BCUT2D eigenvalue weighted by Crippen LogP contribution is 2.37. The molecule has 0 saturated carbocycles.